The van der Waals surface area contributed by atoms with Crippen LogP contribution in [0.5, 0.6) is 0 Å². The summed E-state index contributed by atoms with van der Waals surface area (Å²) in [5.41, 5.74) is 11.1. The van der Waals surface area contributed by atoms with E-state index in [1.165, 1.54) is 11.1 Å². The summed E-state index contributed by atoms with van der Waals surface area (Å²) in [4.78, 5) is 2.24. The molecule has 0 radical (unpaired) electrons. The summed E-state index contributed by atoms with van der Waals surface area (Å²) in [6.07, 6.45) is 0.920. The van der Waals surface area contributed by atoms with Crippen molar-refractivity contribution in [3.63, 3.8) is 0 Å². The van der Waals surface area contributed by atoms with Gasteiger partial charge in [-0.15, -0.1) is 0 Å². The largest absolute Gasteiger partial charge is 0.398 e. The van der Waals surface area contributed by atoms with Crippen molar-refractivity contribution in [2.24, 2.45) is 0 Å². The number of rotatable bonds is 1. The quantitative estimate of drug-likeness (QED) is 0.816. The Balaban J connectivity index is 1.97. The van der Waals surface area contributed by atoms with Gasteiger partial charge >= 0.3 is 0 Å². The summed E-state index contributed by atoms with van der Waals surface area (Å²) in [5, 5.41) is 9.30. The number of fused-ring (bicyclic) bond motifs is 1. The molecule has 3 nitrogen and oxygen atoms in total. The van der Waals surface area contributed by atoms with E-state index in [4.69, 9.17) is 5.73 Å². The lowest BCUT2D eigenvalue weighted by molar-refractivity contribution is 0.732. The van der Waals surface area contributed by atoms with Crippen molar-refractivity contribution >= 4 is 27.3 Å². The van der Waals surface area contributed by atoms with Crippen LogP contribution in [0, 0.1) is 11.3 Å². The van der Waals surface area contributed by atoms with Gasteiger partial charge in [-0.2, -0.15) is 5.26 Å². The van der Waals surface area contributed by atoms with Gasteiger partial charge in [0.2, 0.25) is 0 Å². The summed E-state index contributed by atoms with van der Waals surface area (Å²) in [6.45, 7) is 1.69. The molecule has 0 unspecified atom stereocenters. The van der Waals surface area contributed by atoms with Crippen LogP contribution < -0.4 is 10.6 Å². The Bertz CT molecular complexity index is 703. The van der Waals surface area contributed by atoms with Gasteiger partial charge in [0.25, 0.3) is 0 Å². The second-order valence-electron chi connectivity index (χ2n) is 4.93. The van der Waals surface area contributed by atoms with Crippen LogP contribution in [0.1, 0.15) is 16.7 Å². The molecule has 0 aliphatic carbocycles. The molecule has 2 aromatic carbocycles. The van der Waals surface area contributed by atoms with E-state index in [0.29, 0.717) is 5.56 Å². The maximum absolute atomic E-state index is 9.30. The Morgan fingerprint density at radius 1 is 1.25 bits per heavy atom. The molecule has 0 saturated carbocycles. The Hall–Kier alpha value is -1.99. The van der Waals surface area contributed by atoms with Crippen molar-refractivity contribution in [2.75, 3.05) is 17.2 Å². The lowest BCUT2D eigenvalue weighted by Crippen LogP contribution is -2.31. The Kier molecular flexibility index (Phi) is 3.37. The van der Waals surface area contributed by atoms with E-state index in [0.717, 1.165) is 35.4 Å². The van der Waals surface area contributed by atoms with Crippen LogP contribution in [-0.2, 0) is 13.0 Å². The molecule has 1 heterocycles. The first-order valence-electron chi connectivity index (χ1n) is 6.50. The number of anilines is 2. The molecule has 2 aromatic rings. The van der Waals surface area contributed by atoms with Crippen molar-refractivity contribution < 1.29 is 0 Å². The van der Waals surface area contributed by atoms with Crippen molar-refractivity contribution in [3.05, 3.63) is 57.6 Å². The van der Waals surface area contributed by atoms with E-state index in [1.807, 2.05) is 30.3 Å². The number of halogens is 1. The van der Waals surface area contributed by atoms with Crippen LogP contribution in [-0.4, -0.2) is 6.54 Å². The number of nitrogen functional groups attached to an aromatic ring is 1. The van der Waals surface area contributed by atoms with Crippen LogP contribution >= 0.6 is 15.9 Å². The maximum Gasteiger partial charge on any atom is 0.101 e. The highest BCUT2D eigenvalue weighted by atomic mass is 79.9. The van der Waals surface area contributed by atoms with Crippen LogP contribution in [0.2, 0.25) is 0 Å². The average molecular weight is 328 g/mol. The topological polar surface area (TPSA) is 53.0 Å². The first-order chi connectivity index (χ1) is 9.69. The Morgan fingerprint density at radius 3 is 2.90 bits per heavy atom. The number of nitrogens with zero attached hydrogens (tertiary/aromatic N) is 2. The third kappa shape index (κ3) is 2.25. The van der Waals surface area contributed by atoms with Crippen LogP contribution in [0.15, 0.2) is 40.9 Å². The molecule has 2 N–H and O–H groups in total. The fourth-order valence-corrected chi connectivity index (χ4v) is 3.08. The second kappa shape index (κ2) is 5.18. The zero-order valence-electron chi connectivity index (χ0n) is 10.9. The minimum absolute atomic E-state index is 0.701. The zero-order valence-corrected chi connectivity index (χ0v) is 12.5. The molecule has 0 spiro atoms. The number of benzene rings is 2. The number of hydrogen-bond acceptors (Lipinski definition) is 3. The molecule has 100 valence electrons. The van der Waals surface area contributed by atoms with Crippen molar-refractivity contribution in [2.45, 2.75) is 13.0 Å². The molecule has 0 aromatic heterocycles. The molecule has 20 heavy (non-hydrogen) atoms. The first-order valence-corrected chi connectivity index (χ1v) is 7.29. The molecular formula is C16H14BrN3. The molecule has 0 fully saturated rings. The van der Waals surface area contributed by atoms with Crippen molar-refractivity contribution in [3.8, 4) is 6.07 Å². The fourth-order valence-electron chi connectivity index (χ4n) is 2.72. The minimum atomic E-state index is 0.701. The van der Waals surface area contributed by atoms with Gasteiger partial charge in [-0.1, -0.05) is 28.1 Å². The maximum atomic E-state index is 9.30. The van der Waals surface area contributed by atoms with Gasteiger partial charge in [0.15, 0.2) is 0 Å². The lowest BCUT2D eigenvalue weighted by atomic mass is 9.97. The summed E-state index contributed by atoms with van der Waals surface area (Å²) in [6, 6.07) is 14.2. The number of nitriles is 1. The van der Waals surface area contributed by atoms with Gasteiger partial charge in [-0.3, -0.25) is 0 Å². The molecule has 0 atom stereocenters. The van der Waals surface area contributed by atoms with E-state index < -0.39 is 0 Å². The van der Waals surface area contributed by atoms with E-state index >= 15 is 0 Å². The third-order valence-electron chi connectivity index (χ3n) is 3.72. The molecule has 0 amide bonds. The fraction of sp³-hybridized carbons (Fsp3) is 0.188. The van der Waals surface area contributed by atoms with Gasteiger partial charge in [-0.25, -0.2) is 0 Å². The highest BCUT2D eigenvalue weighted by Gasteiger charge is 2.20. The summed E-state index contributed by atoms with van der Waals surface area (Å²) in [5.74, 6) is 0. The molecular weight excluding hydrogens is 314 g/mol. The average Bonchev–Trinajstić information content (AvgIpc) is 2.47. The molecule has 0 bridgehead atoms. The lowest BCUT2D eigenvalue weighted by Gasteiger charge is -2.32. The second-order valence-corrected chi connectivity index (χ2v) is 5.85. The highest BCUT2D eigenvalue weighted by Crippen LogP contribution is 2.30. The molecule has 4 heteroatoms. The van der Waals surface area contributed by atoms with Crippen LogP contribution in [0.25, 0.3) is 0 Å². The molecule has 3 rings (SSSR count). The van der Waals surface area contributed by atoms with E-state index in [1.54, 1.807) is 0 Å². The Labute approximate surface area is 126 Å². The van der Waals surface area contributed by atoms with Gasteiger partial charge in [-0.05, 0) is 41.8 Å². The standard InChI is InChI=1S/C16H14BrN3/c17-13-4-5-16(12(8-13)9-18)20-7-6-14-11(10-20)2-1-3-15(14)19/h1-5,8H,6-7,10,19H2. The SMILES string of the molecule is N#Cc1cc(Br)ccc1N1CCc2c(N)cccc2C1. The first kappa shape index (κ1) is 13.0. The van der Waals surface area contributed by atoms with E-state index in [9.17, 15) is 5.26 Å². The van der Waals surface area contributed by atoms with Crippen LogP contribution in [0.4, 0.5) is 11.4 Å². The third-order valence-corrected chi connectivity index (χ3v) is 4.22. The number of hydrogen-bond donors (Lipinski definition) is 1. The zero-order chi connectivity index (χ0) is 14.1. The predicted molar refractivity (Wildman–Crippen MR) is 84.5 cm³/mol. The van der Waals surface area contributed by atoms with Gasteiger partial charge in [0.1, 0.15) is 6.07 Å². The minimum Gasteiger partial charge on any atom is -0.398 e. The highest BCUT2D eigenvalue weighted by molar-refractivity contribution is 9.10. The van der Waals surface area contributed by atoms with Gasteiger partial charge in [0.05, 0.1) is 11.3 Å². The Morgan fingerprint density at radius 2 is 2.10 bits per heavy atom. The summed E-state index contributed by atoms with van der Waals surface area (Å²) in [7, 11) is 0. The van der Waals surface area contributed by atoms with Crippen molar-refractivity contribution in [1.82, 2.24) is 0 Å². The molecule has 1 aliphatic heterocycles. The van der Waals surface area contributed by atoms with Gasteiger partial charge < -0.3 is 10.6 Å². The van der Waals surface area contributed by atoms with Crippen LogP contribution in [0.3, 0.4) is 0 Å². The predicted octanol–water partition coefficient (Wildman–Crippen LogP) is 3.47. The summed E-state index contributed by atoms with van der Waals surface area (Å²) >= 11 is 3.41. The van der Waals surface area contributed by atoms with E-state index in [-0.39, 0.29) is 0 Å². The monoisotopic (exact) mass is 327 g/mol. The number of nitrogens with two attached hydrogens (primary N) is 1. The molecule has 1 aliphatic rings. The summed E-state index contributed by atoms with van der Waals surface area (Å²) < 4.78 is 0.930. The van der Waals surface area contributed by atoms with E-state index in [2.05, 4.69) is 33.0 Å². The van der Waals surface area contributed by atoms with Gasteiger partial charge in [0, 0.05) is 23.2 Å². The molecule has 0 saturated heterocycles. The normalized spacial score (nSPS) is 13.7. The van der Waals surface area contributed by atoms with Crippen molar-refractivity contribution in [1.29, 1.82) is 5.26 Å². The smallest absolute Gasteiger partial charge is 0.101 e.